The molecule has 1 aliphatic rings. The number of hydrogen-bond acceptors (Lipinski definition) is 1. The van der Waals surface area contributed by atoms with Gasteiger partial charge in [-0.2, -0.15) is 0 Å². The Balaban J connectivity index is 1.98. The highest BCUT2D eigenvalue weighted by Crippen LogP contribution is 2.29. The summed E-state index contributed by atoms with van der Waals surface area (Å²) >= 11 is 0. The predicted octanol–water partition coefficient (Wildman–Crippen LogP) is 5.43. The Morgan fingerprint density at radius 1 is 1.00 bits per heavy atom. The molecule has 1 N–H and O–H groups in total. The van der Waals surface area contributed by atoms with Gasteiger partial charge in [-0.3, -0.25) is 0 Å². The molecule has 20 heavy (non-hydrogen) atoms. The van der Waals surface area contributed by atoms with E-state index in [0.29, 0.717) is 18.0 Å². The Kier molecular flexibility index (Phi) is 5.65. The SMILES string of the molecule is CCC1CCCCC1NC(C)c1ccc(C(C)C)cc1. The van der Waals surface area contributed by atoms with Gasteiger partial charge in [0.1, 0.15) is 0 Å². The molecule has 112 valence electrons. The molecule has 1 aromatic carbocycles. The highest BCUT2D eigenvalue weighted by molar-refractivity contribution is 5.26. The van der Waals surface area contributed by atoms with Crippen LogP contribution in [0.5, 0.6) is 0 Å². The Morgan fingerprint density at radius 2 is 1.60 bits per heavy atom. The van der Waals surface area contributed by atoms with E-state index < -0.39 is 0 Å². The molecule has 0 radical (unpaired) electrons. The summed E-state index contributed by atoms with van der Waals surface area (Å²) in [7, 11) is 0. The molecule has 1 aliphatic carbocycles. The fourth-order valence-corrected chi connectivity index (χ4v) is 3.50. The van der Waals surface area contributed by atoms with Crippen LogP contribution in [0.1, 0.15) is 82.9 Å². The second kappa shape index (κ2) is 7.26. The molecule has 0 spiro atoms. The quantitative estimate of drug-likeness (QED) is 0.754. The molecule has 1 nitrogen and oxygen atoms in total. The van der Waals surface area contributed by atoms with Crippen LogP contribution in [0.15, 0.2) is 24.3 Å². The van der Waals surface area contributed by atoms with Gasteiger partial charge < -0.3 is 5.32 Å². The third kappa shape index (κ3) is 3.85. The number of nitrogens with one attached hydrogen (secondary N) is 1. The fourth-order valence-electron chi connectivity index (χ4n) is 3.50. The van der Waals surface area contributed by atoms with Gasteiger partial charge in [-0.15, -0.1) is 0 Å². The van der Waals surface area contributed by atoms with Gasteiger partial charge in [0.25, 0.3) is 0 Å². The Bertz CT molecular complexity index is 393. The van der Waals surface area contributed by atoms with E-state index in [1.165, 1.54) is 43.2 Å². The average Bonchev–Trinajstić information content (AvgIpc) is 2.48. The zero-order valence-corrected chi connectivity index (χ0v) is 13.7. The van der Waals surface area contributed by atoms with Crippen LogP contribution in [-0.4, -0.2) is 6.04 Å². The maximum Gasteiger partial charge on any atom is 0.0294 e. The Hall–Kier alpha value is -0.820. The molecule has 1 aromatic rings. The van der Waals surface area contributed by atoms with Crippen molar-refractivity contribution in [1.29, 1.82) is 0 Å². The third-order valence-electron chi connectivity index (χ3n) is 5.00. The molecule has 0 saturated heterocycles. The molecule has 0 amide bonds. The van der Waals surface area contributed by atoms with Gasteiger partial charge in [0.15, 0.2) is 0 Å². The first-order valence-electron chi connectivity index (χ1n) is 8.47. The van der Waals surface area contributed by atoms with Crippen LogP contribution in [0.4, 0.5) is 0 Å². The lowest BCUT2D eigenvalue weighted by molar-refractivity contribution is 0.240. The van der Waals surface area contributed by atoms with Gasteiger partial charge >= 0.3 is 0 Å². The van der Waals surface area contributed by atoms with Gasteiger partial charge in [0.05, 0.1) is 0 Å². The van der Waals surface area contributed by atoms with E-state index in [1.807, 2.05) is 0 Å². The summed E-state index contributed by atoms with van der Waals surface area (Å²) in [6.45, 7) is 9.16. The van der Waals surface area contributed by atoms with E-state index in [4.69, 9.17) is 0 Å². The first-order chi connectivity index (χ1) is 9.61. The van der Waals surface area contributed by atoms with Crippen LogP contribution in [-0.2, 0) is 0 Å². The molecular formula is C19H31N. The molecule has 2 rings (SSSR count). The lowest BCUT2D eigenvalue weighted by atomic mass is 9.82. The highest BCUT2D eigenvalue weighted by atomic mass is 15.0. The molecule has 0 aromatic heterocycles. The molecule has 1 heteroatoms. The molecule has 0 bridgehead atoms. The van der Waals surface area contributed by atoms with Crippen LogP contribution in [0, 0.1) is 5.92 Å². The topological polar surface area (TPSA) is 12.0 Å². The minimum atomic E-state index is 0.466. The summed E-state index contributed by atoms with van der Waals surface area (Å²) in [5, 5.41) is 3.88. The first kappa shape index (κ1) is 15.6. The molecule has 0 aliphatic heterocycles. The van der Waals surface area contributed by atoms with Gasteiger partial charge in [0.2, 0.25) is 0 Å². The minimum absolute atomic E-state index is 0.466. The minimum Gasteiger partial charge on any atom is -0.307 e. The summed E-state index contributed by atoms with van der Waals surface area (Å²) in [5.41, 5.74) is 2.86. The van der Waals surface area contributed by atoms with E-state index in [1.54, 1.807) is 0 Å². The maximum atomic E-state index is 3.88. The van der Waals surface area contributed by atoms with E-state index in [9.17, 15) is 0 Å². The number of rotatable bonds is 5. The van der Waals surface area contributed by atoms with Crippen molar-refractivity contribution < 1.29 is 0 Å². The lowest BCUT2D eigenvalue weighted by Gasteiger charge is -2.34. The number of hydrogen-bond donors (Lipinski definition) is 1. The van der Waals surface area contributed by atoms with Crippen molar-refractivity contribution in [1.82, 2.24) is 5.32 Å². The van der Waals surface area contributed by atoms with Crippen molar-refractivity contribution in [2.45, 2.75) is 77.8 Å². The van der Waals surface area contributed by atoms with Gasteiger partial charge in [-0.1, -0.05) is 64.3 Å². The zero-order valence-electron chi connectivity index (χ0n) is 13.7. The third-order valence-corrected chi connectivity index (χ3v) is 5.00. The van der Waals surface area contributed by atoms with E-state index in [0.717, 1.165) is 5.92 Å². The van der Waals surface area contributed by atoms with Crippen molar-refractivity contribution in [2.24, 2.45) is 5.92 Å². The average molecular weight is 273 g/mol. The van der Waals surface area contributed by atoms with Crippen molar-refractivity contribution >= 4 is 0 Å². The molecule has 1 fully saturated rings. The smallest absolute Gasteiger partial charge is 0.0294 e. The van der Waals surface area contributed by atoms with Crippen LogP contribution >= 0.6 is 0 Å². The Labute approximate surface area is 125 Å². The molecule has 0 heterocycles. The zero-order chi connectivity index (χ0) is 14.5. The largest absolute Gasteiger partial charge is 0.307 e. The second-order valence-corrected chi connectivity index (χ2v) is 6.77. The van der Waals surface area contributed by atoms with Crippen LogP contribution in [0.3, 0.4) is 0 Å². The van der Waals surface area contributed by atoms with Crippen molar-refractivity contribution in [3.05, 3.63) is 35.4 Å². The summed E-state index contributed by atoms with van der Waals surface area (Å²) in [6.07, 6.45) is 6.90. The Morgan fingerprint density at radius 3 is 2.20 bits per heavy atom. The van der Waals surface area contributed by atoms with Crippen LogP contribution in [0.2, 0.25) is 0 Å². The maximum absolute atomic E-state index is 3.88. The van der Waals surface area contributed by atoms with Gasteiger partial charge in [-0.05, 0) is 42.7 Å². The first-order valence-corrected chi connectivity index (χ1v) is 8.47. The van der Waals surface area contributed by atoms with Crippen molar-refractivity contribution in [3.8, 4) is 0 Å². The van der Waals surface area contributed by atoms with E-state index in [2.05, 4.69) is 57.3 Å². The van der Waals surface area contributed by atoms with Crippen molar-refractivity contribution in [3.63, 3.8) is 0 Å². The lowest BCUT2D eigenvalue weighted by Crippen LogP contribution is -2.39. The van der Waals surface area contributed by atoms with Crippen LogP contribution < -0.4 is 5.32 Å². The molecular weight excluding hydrogens is 242 g/mol. The summed E-state index contributed by atoms with van der Waals surface area (Å²) < 4.78 is 0. The summed E-state index contributed by atoms with van der Waals surface area (Å²) in [4.78, 5) is 0. The summed E-state index contributed by atoms with van der Waals surface area (Å²) in [6, 6.07) is 10.4. The van der Waals surface area contributed by atoms with Crippen molar-refractivity contribution in [2.75, 3.05) is 0 Å². The van der Waals surface area contributed by atoms with Crippen LogP contribution in [0.25, 0.3) is 0 Å². The second-order valence-electron chi connectivity index (χ2n) is 6.77. The predicted molar refractivity (Wildman–Crippen MR) is 88.1 cm³/mol. The summed E-state index contributed by atoms with van der Waals surface area (Å²) in [5.74, 6) is 1.50. The molecule has 1 saturated carbocycles. The number of benzene rings is 1. The monoisotopic (exact) mass is 273 g/mol. The molecule has 3 unspecified atom stereocenters. The normalized spacial score (nSPS) is 24.9. The van der Waals surface area contributed by atoms with E-state index >= 15 is 0 Å². The fraction of sp³-hybridized carbons (Fsp3) is 0.684. The van der Waals surface area contributed by atoms with Gasteiger partial charge in [-0.25, -0.2) is 0 Å². The van der Waals surface area contributed by atoms with E-state index in [-0.39, 0.29) is 0 Å². The van der Waals surface area contributed by atoms with Gasteiger partial charge in [0, 0.05) is 12.1 Å². The molecule has 3 atom stereocenters. The highest BCUT2D eigenvalue weighted by Gasteiger charge is 2.24. The standard InChI is InChI=1S/C19H31N/c1-5-16-8-6-7-9-19(16)20-15(4)18-12-10-17(11-13-18)14(2)3/h10-16,19-20H,5-9H2,1-4H3.